The van der Waals surface area contributed by atoms with Crippen LogP contribution in [0.3, 0.4) is 0 Å². The second-order valence-corrected chi connectivity index (χ2v) is 6.86. The van der Waals surface area contributed by atoms with Gasteiger partial charge in [0.15, 0.2) is 0 Å². The molecule has 3 heteroatoms. The van der Waals surface area contributed by atoms with Crippen molar-refractivity contribution in [3.05, 3.63) is 0 Å². The molecule has 0 spiro atoms. The van der Waals surface area contributed by atoms with E-state index < -0.39 is 0 Å². The van der Waals surface area contributed by atoms with Gasteiger partial charge in [-0.3, -0.25) is 0 Å². The third-order valence-electron chi connectivity index (χ3n) is 5.60. The number of hydrogen-bond acceptors (Lipinski definition) is 3. The van der Waals surface area contributed by atoms with Crippen LogP contribution in [0.15, 0.2) is 0 Å². The number of likely N-dealkylation sites (tertiary alicyclic amines) is 1. The molecule has 1 N–H and O–H groups in total. The molecule has 2 aliphatic rings. The second-order valence-electron chi connectivity index (χ2n) is 6.86. The molecule has 0 radical (unpaired) electrons. The number of nitrogens with zero attached hydrogens (tertiary/aromatic N) is 2. The highest BCUT2D eigenvalue weighted by Crippen LogP contribution is 2.31. The van der Waals surface area contributed by atoms with Crippen LogP contribution in [-0.4, -0.2) is 62.2 Å². The zero-order valence-corrected chi connectivity index (χ0v) is 13.2. The average molecular weight is 267 g/mol. The molecule has 1 aliphatic carbocycles. The molecule has 2 rings (SSSR count). The summed E-state index contributed by atoms with van der Waals surface area (Å²) in [5.41, 5.74) is 0.442. The Morgan fingerprint density at radius 1 is 1.16 bits per heavy atom. The Hall–Kier alpha value is -0.120. The Labute approximate surface area is 119 Å². The van der Waals surface area contributed by atoms with E-state index in [9.17, 15) is 0 Å². The fraction of sp³-hybridized carbons (Fsp3) is 1.00. The Morgan fingerprint density at radius 2 is 1.79 bits per heavy atom. The number of hydrogen-bond donors (Lipinski definition) is 1. The topological polar surface area (TPSA) is 18.5 Å². The molecule has 1 heterocycles. The smallest absolute Gasteiger partial charge is 0.0190 e. The minimum Gasteiger partial charge on any atom is -0.314 e. The molecule has 19 heavy (non-hydrogen) atoms. The first-order chi connectivity index (χ1) is 9.15. The maximum Gasteiger partial charge on any atom is 0.0190 e. The summed E-state index contributed by atoms with van der Waals surface area (Å²) in [4.78, 5) is 5.08. The van der Waals surface area contributed by atoms with Gasteiger partial charge in [-0.25, -0.2) is 0 Å². The van der Waals surface area contributed by atoms with Gasteiger partial charge >= 0.3 is 0 Å². The molecule has 3 nitrogen and oxygen atoms in total. The van der Waals surface area contributed by atoms with Gasteiger partial charge in [-0.1, -0.05) is 19.3 Å². The molecule has 0 amide bonds. The maximum absolute atomic E-state index is 3.65. The molecule has 112 valence electrons. The van der Waals surface area contributed by atoms with Crippen LogP contribution in [-0.2, 0) is 0 Å². The van der Waals surface area contributed by atoms with Gasteiger partial charge in [-0.15, -0.1) is 0 Å². The van der Waals surface area contributed by atoms with Crippen LogP contribution in [0.25, 0.3) is 0 Å². The van der Waals surface area contributed by atoms with Gasteiger partial charge in [0, 0.05) is 11.6 Å². The summed E-state index contributed by atoms with van der Waals surface area (Å²) < 4.78 is 0. The third kappa shape index (κ3) is 4.17. The van der Waals surface area contributed by atoms with Crippen molar-refractivity contribution in [2.75, 3.05) is 40.8 Å². The molecule has 0 aromatic heterocycles. The molecular weight excluding hydrogens is 234 g/mol. The number of rotatable bonds is 5. The molecule has 1 saturated heterocycles. The molecule has 0 aromatic rings. The molecule has 1 aliphatic heterocycles. The van der Waals surface area contributed by atoms with Gasteiger partial charge in [0.2, 0.25) is 0 Å². The van der Waals surface area contributed by atoms with Crippen LogP contribution in [0.5, 0.6) is 0 Å². The quantitative estimate of drug-likeness (QED) is 0.825. The van der Waals surface area contributed by atoms with Crippen molar-refractivity contribution in [3.8, 4) is 0 Å². The molecular formula is C16H33N3. The Balaban J connectivity index is 1.77. The van der Waals surface area contributed by atoms with Gasteiger partial charge < -0.3 is 15.1 Å². The normalized spacial score (nSPS) is 25.9. The van der Waals surface area contributed by atoms with Crippen LogP contribution < -0.4 is 5.32 Å². The Morgan fingerprint density at radius 3 is 2.37 bits per heavy atom. The fourth-order valence-corrected chi connectivity index (χ4v) is 3.86. The van der Waals surface area contributed by atoms with Gasteiger partial charge in [-0.2, -0.15) is 0 Å². The van der Waals surface area contributed by atoms with Gasteiger partial charge in [0.05, 0.1) is 0 Å². The number of nitrogens with one attached hydrogen (secondary N) is 1. The van der Waals surface area contributed by atoms with E-state index >= 15 is 0 Å². The van der Waals surface area contributed by atoms with Crippen LogP contribution in [0.4, 0.5) is 0 Å². The summed E-state index contributed by atoms with van der Waals surface area (Å²) in [6, 6.07) is 0.814. The van der Waals surface area contributed by atoms with E-state index in [0.29, 0.717) is 5.54 Å². The van der Waals surface area contributed by atoms with E-state index in [0.717, 1.165) is 6.04 Å². The Kier molecular flexibility index (Phi) is 5.67. The van der Waals surface area contributed by atoms with Crippen LogP contribution in [0.1, 0.15) is 51.4 Å². The Bertz CT molecular complexity index is 253. The molecule has 0 aromatic carbocycles. The predicted octanol–water partition coefficient (Wildman–Crippen LogP) is 2.32. The summed E-state index contributed by atoms with van der Waals surface area (Å²) >= 11 is 0. The highest BCUT2D eigenvalue weighted by molar-refractivity contribution is 4.91. The lowest BCUT2D eigenvalue weighted by Gasteiger charge is -2.40. The van der Waals surface area contributed by atoms with Crippen molar-refractivity contribution < 1.29 is 0 Å². The van der Waals surface area contributed by atoms with E-state index in [1.54, 1.807) is 0 Å². The van der Waals surface area contributed by atoms with Crippen molar-refractivity contribution in [3.63, 3.8) is 0 Å². The first-order valence-corrected chi connectivity index (χ1v) is 8.23. The van der Waals surface area contributed by atoms with Crippen LogP contribution in [0.2, 0.25) is 0 Å². The third-order valence-corrected chi connectivity index (χ3v) is 5.60. The van der Waals surface area contributed by atoms with Crippen LogP contribution >= 0.6 is 0 Å². The molecule has 0 atom stereocenters. The summed E-state index contributed by atoms with van der Waals surface area (Å²) in [5, 5.41) is 3.65. The maximum atomic E-state index is 3.65. The lowest BCUT2D eigenvalue weighted by molar-refractivity contribution is 0.123. The van der Waals surface area contributed by atoms with Crippen molar-refractivity contribution in [1.29, 1.82) is 0 Å². The van der Waals surface area contributed by atoms with Crippen molar-refractivity contribution in [1.82, 2.24) is 15.1 Å². The van der Waals surface area contributed by atoms with E-state index in [1.165, 1.54) is 71.0 Å². The summed E-state index contributed by atoms with van der Waals surface area (Å²) in [7, 11) is 6.75. The van der Waals surface area contributed by atoms with Gasteiger partial charge in [-0.05, 0) is 72.9 Å². The number of piperidine rings is 1. The van der Waals surface area contributed by atoms with Crippen molar-refractivity contribution in [2.24, 2.45) is 0 Å². The SMILES string of the molecule is CNC1(CCN(C)C2CCN(C)CC2)CCCCC1. The first kappa shape index (κ1) is 15.3. The molecule has 2 fully saturated rings. The highest BCUT2D eigenvalue weighted by Gasteiger charge is 2.31. The second kappa shape index (κ2) is 7.05. The van der Waals surface area contributed by atoms with Crippen molar-refractivity contribution >= 4 is 0 Å². The fourth-order valence-electron chi connectivity index (χ4n) is 3.86. The monoisotopic (exact) mass is 267 g/mol. The summed E-state index contributed by atoms with van der Waals surface area (Å²) in [6.07, 6.45) is 11.0. The predicted molar refractivity (Wildman–Crippen MR) is 82.6 cm³/mol. The molecule has 0 bridgehead atoms. The van der Waals surface area contributed by atoms with E-state index in [-0.39, 0.29) is 0 Å². The molecule has 1 saturated carbocycles. The largest absolute Gasteiger partial charge is 0.314 e. The van der Waals surface area contributed by atoms with Gasteiger partial charge in [0.1, 0.15) is 0 Å². The minimum atomic E-state index is 0.442. The lowest BCUT2D eigenvalue weighted by atomic mass is 9.79. The zero-order valence-electron chi connectivity index (χ0n) is 13.2. The van der Waals surface area contributed by atoms with Crippen molar-refractivity contribution in [2.45, 2.75) is 62.9 Å². The first-order valence-electron chi connectivity index (χ1n) is 8.23. The average Bonchev–Trinajstić information content (AvgIpc) is 2.46. The summed E-state index contributed by atoms with van der Waals surface area (Å²) in [6.45, 7) is 3.80. The van der Waals surface area contributed by atoms with Crippen LogP contribution in [0, 0.1) is 0 Å². The van der Waals surface area contributed by atoms with E-state index in [2.05, 4.69) is 36.3 Å². The minimum absolute atomic E-state index is 0.442. The lowest BCUT2D eigenvalue weighted by Crippen LogP contribution is -2.49. The molecule has 0 unspecified atom stereocenters. The summed E-state index contributed by atoms with van der Waals surface area (Å²) in [5.74, 6) is 0. The van der Waals surface area contributed by atoms with Gasteiger partial charge in [0.25, 0.3) is 0 Å². The van der Waals surface area contributed by atoms with E-state index in [4.69, 9.17) is 0 Å². The van der Waals surface area contributed by atoms with E-state index in [1.807, 2.05) is 0 Å². The zero-order chi connectivity index (χ0) is 13.7. The standard InChI is InChI=1S/C16H33N3/c1-17-16(9-5-4-6-10-16)11-14-19(3)15-7-12-18(2)13-8-15/h15,17H,4-14H2,1-3H3. The highest BCUT2D eigenvalue weighted by atomic mass is 15.2.